The number of rotatable bonds is 1. The Morgan fingerprint density at radius 1 is 1.53 bits per heavy atom. The highest BCUT2D eigenvalue weighted by Crippen LogP contribution is 2.38. The number of carbonyl (C=O) groups excluding carboxylic acids is 1. The monoisotopic (exact) mass is 298 g/mol. The third-order valence-electron chi connectivity index (χ3n) is 3.13. The van der Waals surface area contributed by atoms with Gasteiger partial charge in [-0.15, -0.1) is 0 Å². The van der Waals surface area contributed by atoms with Crippen molar-refractivity contribution in [1.82, 2.24) is 0 Å². The van der Waals surface area contributed by atoms with Crippen LogP contribution in [0.2, 0.25) is 0 Å². The van der Waals surface area contributed by atoms with Crippen LogP contribution in [-0.4, -0.2) is 18.7 Å². The molecule has 0 spiro atoms. The van der Waals surface area contributed by atoms with Crippen molar-refractivity contribution >= 4 is 21.9 Å². The van der Waals surface area contributed by atoms with Gasteiger partial charge in [0, 0.05) is 10.9 Å². The standard InChI is InChI=1S/C13H15BrO3/c1-8-6-10(14)7-9-4-5-13(2,12(15)16-3)17-11(8)9/h6-7H,4-5H2,1-3H3. The van der Waals surface area contributed by atoms with E-state index in [4.69, 9.17) is 9.47 Å². The summed E-state index contributed by atoms with van der Waals surface area (Å²) in [5.74, 6) is 0.498. The van der Waals surface area contributed by atoms with Crippen LogP contribution in [0.15, 0.2) is 16.6 Å². The molecule has 1 aromatic carbocycles. The number of ether oxygens (including phenoxy) is 2. The number of aryl methyl sites for hydroxylation is 2. The zero-order valence-electron chi connectivity index (χ0n) is 10.2. The summed E-state index contributed by atoms with van der Waals surface area (Å²) in [6.07, 6.45) is 1.46. The van der Waals surface area contributed by atoms with Crippen LogP contribution in [0.5, 0.6) is 5.75 Å². The lowest BCUT2D eigenvalue weighted by Crippen LogP contribution is -2.45. The molecule has 0 saturated heterocycles. The largest absolute Gasteiger partial charge is 0.475 e. The van der Waals surface area contributed by atoms with Crippen molar-refractivity contribution in [3.8, 4) is 5.75 Å². The maximum Gasteiger partial charge on any atom is 0.349 e. The normalized spacial score (nSPS) is 22.6. The second kappa shape index (κ2) is 4.33. The molecule has 0 N–H and O–H groups in total. The number of fused-ring (bicyclic) bond motifs is 1. The molecular formula is C13H15BrO3. The summed E-state index contributed by atoms with van der Waals surface area (Å²) in [5, 5.41) is 0. The Morgan fingerprint density at radius 3 is 2.88 bits per heavy atom. The molecule has 0 amide bonds. The molecule has 0 fully saturated rings. The lowest BCUT2D eigenvalue weighted by Gasteiger charge is -2.34. The van der Waals surface area contributed by atoms with E-state index in [1.165, 1.54) is 7.11 Å². The van der Waals surface area contributed by atoms with Gasteiger partial charge in [-0.1, -0.05) is 15.9 Å². The highest BCUT2D eigenvalue weighted by Gasteiger charge is 2.40. The molecule has 0 aromatic heterocycles. The van der Waals surface area contributed by atoms with Gasteiger partial charge in [0.15, 0.2) is 0 Å². The van der Waals surface area contributed by atoms with Crippen LogP contribution in [0.25, 0.3) is 0 Å². The Hall–Kier alpha value is -1.03. The maximum absolute atomic E-state index is 11.7. The molecule has 1 heterocycles. The smallest absolute Gasteiger partial charge is 0.349 e. The average molecular weight is 299 g/mol. The van der Waals surface area contributed by atoms with Crippen molar-refractivity contribution in [2.75, 3.05) is 7.11 Å². The highest BCUT2D eigenvalue weighted by molar-refractivity contribution is 9.10. The lowest BCUT2D eigenvalue weighted by molar-refractivity contribution is -0.159. The van der Waals surface area contributed by atoms with E-state index in [0.29, 0.717) is 6.42 Å². The summed E-state index contributed by atoms with van der Waals surface area (Å²) in [6, 6.07) is 4.03. The molecule has 92 valence electrons. The van der Waals surface area contributed by atoms with Gasteiger partial charge in [0.2, 0.25) is 5.60 Å². The van der Waals surface area contributed by atoms with E-state index in [2.05, 4.69) is 15.9 Å². The first-order chi connectivity index (χ1) is 7.96. The first kappa shape index (κ1) is 12.4. The van der Waals surface area contributed by atoms with Gasteiger partial charge in [-0.05, 0) is 43.5 Å². The Labute approximate surface area is 109 Å². The minimum atomic E-state index is -0.861. The molecule has 0 aliphatic carbocycles. The predicted octanol–water partition coefficient (Wildman–Crippen LogP) is 3.01. The van der Waals surface area contributed by atoms with Gasteiger partial charge in [-0.25, -0.2) is 4.79 Å². The molecule has 1 atom stereocenters. The Balaban J connectivity index is 2.39. The molecule has 17 heavy (non-hydrogen) atoms. The van der Waals surface area contributed by atoms with E-state index in [0.717, 1.165) is 27.8 Å². The van der Waals surface area contributed by atoms with Crippen molar-refractivity contribution < 1.29 is 14.3 Å². The molecule has 0 bridgehead atoms. The maximum atomic E-state index is 11.7. The highest BCUT2D eigenvalue weighted by atomic mass is 79.9. The Kier molecular flexibility index (Phi) is 3.17. The SMILES string of the molecule is COC(=O)C1(C)CCc2cc(Br)cc(C)c2O1. The van der Waals surface area contributed by atoms with Crippen LogP contribution in [0.4, 0.5) is 0 Å². The summed E-state index contributed by atoms with van der Waals surface area (Å²) < 4.78 is 11.7. The fraction of sp³-hybridized carbons (Fsp3) is 0.462. The summed E-state index contributed by atoms with van der Waals surface area (Å²) in [7, 11) is 1.39. The molecule has 2 rings (SSSR count). The lowest BCUT2D eigenvalue weighted by atomic mass is 9.91. The molecule has 1 unspecified atom stereocenters. The summed E-state index contributed by atoms with van der Waals surface area (Å²) in [4.78, 5) is 11.7. The zero-order valence-corrected chi connectivity index (χ0v) is 11.8. The number of carbonyl (C=O) groups is 1. The van der Waals surface area contributed by atoms with E-state index in [-0.39, 0.29) is 5.97 Å². The minimum absolute atomic E-state index is 0.314. The summed E-state index contributed by atoms with van der Waals surface area (Å²) >= 11 is 3.47. The number of hydrogen-bond acceptors (Lipinski definition) is 3. The molecule has 0 saturated carbocycles. The molecule has 4 heteroatoms. The molecule has 0 radical (unpaired) electrons. The van der Waals surface area contributed by atoms with Crippen molar-refractivity contribution in [2.45, 2.75) is 32.3 Å². The fourth-order valence-electron chi connectivity index (χ4n) is 2.14. The van der Waals surface area contributed by atoms with Crippen molar-refractivity contribution in [1.29, 1.82) is 0 Å². The summed E-state index contributed by atoms with van der Waals surface area (Å²) in [5.41, 5.74) is 1.31. The van der Waals surface area contributed by atoms with E-state index in [1.54, 1.807) is 6.92 Å². The molecule has 3 nitrogen and oxygen atoms in total. The van der Waals surface area contributed by atoms with Gasteiger partial charge in [0.05, 0.1) is 7.11 Å². The number of hydrogen-bond donors (Lipinski definition) is 0. The zero-order chi connectivity index (χ0) is 12.6. The first-order valence-corrected chi connectivity index (χ1v) is 6.32. The number of benzene rings is 1. The van der Waals surface area contributed by atoms with E-state index < -0.39 is 5.60 Å². The quantitative estimate of drug-likeness (QED) is 0.748. The van der Waals surface area contributed by atoms with Gasteiger partial charge in [0.1, 0.15) is 5.75 Å². The van der Waals surface area contributed by atoms with Gasteiger partial charge in [0.25, 0.3) is 0 Å². The first-order valence-electron chi connectivity index (χ1n) is 5.53. The van der Waals surface area contributed by atoms with Crippen LogP contribution >= 0.6 is 15.9 Å². The van der Waals surface area contributed by atoms with Crippen LogP contribution in [0, 0.1) is 6.92 Å². The van der Waals surface area contributed by atoms with Crippen LogP contribution in [-0.2, 0) is 16.0 Å². The van der Waals surface area contributed by atoms with E-state index in [9.17, 15) is 4.79 Å². The number of esters is 1. The van der Waals surface area contributed by atoms with E-state index >= 15 is 0 Å². The van der Waals surface area contributed by atoms with Crippen LogP contribution < -0.4 is 4.74 Å². The van der Waals surface area contributed by atoms with Gasteiger partial charge in [-0.3, -0.25) is 0 Å². The van der Waals surface area contributed by atoms with Gasteiger partial charge < -0.3 is 9.47 Å². The molecular weight excluding hydrogens is 284 g/mol. The Morgan fingerprint density at radius 2 is 2.24 bits per heavy atom. The third kappa shape index (κ3) is 2.18. The second-order valence-corrected chi connectivity index (χ2v) is 5.45. The molecule has 1 aliphatic heterocycles. The minimum Gasteiger partial charge on any atom is -0.475 e. The van der Waals surface area contributed by atoms with Gasteiger partial charge >= 0.3 is 5.97 Å². The van der Waals surface area contributed by atoms with Crippen LogP contribution in [0.3, 0.4) is 0 Å². The average Bonchev–Trinajstić information content (AvgIpc) is 2.29. The number of halogens is 1. The number of methoxy groups -OCH3 is 1. The topological polar surface area (TPSA) is 35.5 Å². The van der Waals surface area contributed by atoms with E-state index in [1.807, 2.05) is 19.1 Å². The van der Waals surface area contributed by atoms with Crippen molar-refractivity contribution in [3.63, 3.8) is 0 Å². The fourth-order valence-corrected chi connectivity index (χ4v) is 2.76. The Bertz CT molecular complexity index is 470. The second-order valence-electron chi connectivity index (χ2n) is 4.54. The van der Waals surface area contributed by atoms with Crippen LogP contribution in [0.1, 0.15) is 24.5 Å². The third-order valence-corrected chi connectivity index (χ3v) is 3.59. The molecule has 1 aromatic rings. The predicted molar refractivity (Wildman–Crippen MR) is 68.2 cm³/mol. The molecule has 1 aliphatic rings. The van der Waals surface area contributed by atoms with Crippen molar-refractivity contribution in [3.05, 3.63) is 27.7 Å². The summed E-state index contributed by atoms with van der Waals surface area (Å²) in [6.45, 7) is 3.76. The van der Waals surface area contributed by atoms with Gasteiger partial charge in [-0.2, -0.15) is 0 Å². The van der Waals surface area contributed by atoms with Crippen molar-refractivity contribution in [2.24, 2.45) is 0 Å².